The number of ether oxygens (including phenoxy) is 2. The van der Waals surface area contributed by atoms with Gasteiger partial charge in [-0.2, -0.15) is 0 Å². The zero-order valence-electron chi connectivity index (χ0n) is 15.8. The van der Waals surface area contributed by atoms with E-state index in [-0.39, 0.29) is 5.91 Å². The number of aliphatic imine (C=N–C) groups is 1. The fraction of sp³-hybridized carbons (Fsp3) is 0.190. The van der Waals surface area contributed by atoms with E-state index in [0.717, 1.165) is 11.3 Å². The van der Waals surface area contributed by atoms with Gasteiger partial charge in [0, 0.05) is 7.11 Å². The van der Waals surface area contributed by atoms with Crippen molar-refractivity contribution in [1.82, 2.24) is 4.90 Å². The molecule has 0 atom stereocenters. The Morgan fingerprint density at radius 3 is 2.55 bits per heavy atom. The molecule has 0 unspecified atom stereocenters. The van der Waals surface area contributed by atoms with Gasteiger partial charge in [-0.1, -0.05) is 30.3 Å². The van der Waals surface area contributed by atoms with Crippen molar-refractivity contribution in [1.29, 1.82) is 0 Å². The second kappa shape index (κ2) is 9.90. The molecule has 1 heterocycles. The minimum Gasteiger partial charge on any atom is -0.482 e. The first-order valence-corrected chi connectivity index (χ1v) is 9.67. The molecule has 0 aliphatic carbocycles. The van der Waals surface area contributed by atoms with Crippen LogP contribution in [-0.2, 0) is 14.3 Å². The molecule has 2 aromatic rings. The van der Waals surface area contributed by atoms with Gasteiger partial charge in [-0.25, -0.2) is 9.79 Å². The van der Waals surface area contributed by atoms with Crippen LogP contribution < -0.4 is 4.74 Å². The number of aliphatic carboxylic acids is 1. The summed E-state index contributed by atoms with van der Waals surface area (Å²) < 4.78 is 10.2. The summed E-state index contributed by atoms with van der Waals surface area (Å²) in [6.07, 6.45) is 1.78. The molecule has 0 aromatic heterocycles. The van der Waals surface area contributed by atoms with Crippen molar-refractivity contribution in [2.24, 2.45) is 4.99 Å². The van der Waals surface area contributed by atoms with Crippen LogP contribution in [0.5, 0.6) is 5.75 Å². The maximum Gasteiger partial charge on any atom is 0.341 e. The van der Waals surface area contributed by atoms with E-state index < -0.39 is 12.6 Å². The van der Waals surface area contributed by atoms with Crippen molar-refractivity contribution in [3.05, 3.63) is 65.1 Å². The van der Waals surface area contributed by atoms with Crippen molar-refractivity contribution < 1.29 is 24.2 Å². The molecule has 0 bridgehead atoms. The fourth-order valence-corrected chi connectivity index (χ4v) is 3.57. The highest BCUT2D eigenvalue weighted by Crippen LogP contribution is 2.34. The average Bonchev–Trinajstić information content (AvgIpc) is 3.01. The first kappa shape index (κ1) is 20.6. The molecular formula is C21H20N2O5S. The van der Waals surface area contributed by atoms with E-state index in [1.54, 1.807) is 42.4 Å². The third-order valence-corrected chi connectivity index (χ3v) is 4.93. The normalized spacial score (nSPS) is 16.6. The van der Waals surface area contributed by atoms with Crippen LogP contribution in [-0.4, -0.2) is 53.9 Å². The molecule has 1 amide bonds. The number of carboxylic acids is 1. The van der Waals surface area contributed by atoms with Crippen molar-refractivity contribution >= 4 is 40.6 Å². The summed E-state index contributed by atoms with van der Waals surface area (Å²) in [6.45, 7) is 0.416. The lowest BCUT2D eigenvalue weighted by Crippen LogP contribution is -2.32. The SMILES string of the molecule is COCCN1C(=O)/C(=C\c2ccc(OCC(=O)O)cc2)SC1=Nc1ccccc1. The highest BCUT2D eigenvalue weighted by atomic mass is 32.2. The Kier molecular flexibility index (Phi) is 7.04. The number of methoxy groups -OCH3 is 1. The number of rotatable bonds is 8. The van der Waals surface area contributed by atoms with E-state index in [0.29, 0.717) is 29.0 Å². The number of hydrogen-bond acceptors (Lipinski definition) is 6. The number of amidine groups is 1. The van der Waals surface area contributed by atoms with Gasteiger partial charge in [0.2, 0.25) is 0 Å². The molecule has 1 fully saturated rings. The summed E-state index contributed by atoms with van der Waals surface area (Å²) in [5.41, 5.74) is 1.57. The van der Waals surface area contributed by atoms with Gasteiger partial charge >= 0.3 is 5.97 Å². The van der Waals surface area contributed by atoms with E-state index in [1.165, 1.54) is 11.8 Å². The number of nitrogens with zero attached hydrogens (tertiary/aromatic N) is 2. The Morgan fingerprint density at radius 2 is 1.90 bits per heavy atom. The Balaban J connectivity index is 1.80. The van der Waals surface area contributed by atoms with Crippen molar-refractivity contribution in [3.63, 3.8) is 0 Å². The summed E-state index contributed by atoms with van der Waals surface area (Å²) in [5.74, 6) is -0.716. The van der Waals surface area contributed by atoms with Crippen LogP contribution in [0.2, 0.25) is 0 Å². The molecule has 1 N–H and O–H groups in total. The maximum atomic E-state index is 12.9. The monoisotopic (exact) mass is 412 g/mol. The first-order chi connectivity index (χ1) is 14.1. The highest BCUT2D eigenvalue weighted by molar-refractivity contribution is 8.18. The molecular weight excluding hydrogens is 392 g/mol. The number of carbonyl (C=O) groups excluding carboxylic acids is 1. The third kappa shape index (κ3) is 5.69. The highest BCUT2D eigenvalue weighted by Gasteiger charge is 2.33. The van der Waals surface area contributed by atoms with E-state index in [1.807, 2.05) is 30.3 Å². The topological polar surface area (TPSA) is 88.4 Å². The fourth-order valence-electron chi connectivity index (χ4n) is 2.54. The first-order valence-electron chi connectivity index (χ1n) is 8.85. The van der Waals surface area contributed by atoms with Crippen LogP contribution in [0.15, 0.2) is 64.5 Å². The lowest BCUT2D eigenvalue weighted by atomic mass is 10.2. The lowest BCUT2D eigenvalue weighted by molar-refractivity contribution is -0.139. The van der Waals surface area contributed by atoms with Gasteiger partial charge in [0.15, 0.2) is 11.8 Å². The maximum absolute atomic E-state index is 12.9. The van der Waals surface area contributed by atoms with Crippen LogP contribution >= 0.6 is 11.8 Å². The smallest absolute Gasteiger partial charge is 0.341 e. The summed E-state index contributed by atoms with van der Waals surface area (Å²) in [4.78, 5) is 30.2. The minimum atomic E-state index is -1.04. The largest absolute Gasteiger partial charge is 0.482 e. The quantitative estimate of drug-likeness (QED) is 0.669. The Morgan fingerprint density at radius 1 is 1.17 bits per heavy atom. The minimum absolute atomic E-state index is 0.132. The molecule has 0 saturated carbocycles. The summed E-state index contributed by atoms with van der Waals surface area (Å²) in [6, 6.07) is 16.3. The van der Waals surface area contributed by atoms with Gasteiger partial charge in [0.05, 0.1) is 23.7 Å². The van der Waals surface area contributed by atoms with Crippen LogP contribution in [0.3, 0.4) is 0 Å². The molecule has 29 heavy (non-hydrogen) atoms. The standard InChI is InChI=1S/C21H20N2O5S/c1-27-12-11-23-20(26)18(29-21(23)22-16-5-3-2-4-6-16)13-15-7-9-17(10-8-15)28-14-19(24)25/h2-10,13H,11-12,14H2,1H3,(H,24,25)/b18-13+,22-21?. The van der Waals surface area contributed by atoms with Crippen LogP contribution in [0, 0.1) is 0 Å². The summed E-state index contributed by atoms with van der Waals surface area (Å²) >= 11 is 1.31. The van der Waals surface area contributed by atoms with Gasteiger partial charge in [-0.05, 0) is 47.7 Å². The number of carboxylic acid groups (broad SMARTS) is 1. The lowest BCUT2D eigenvalue weighted by Gasteiger charge is -2.14. The van der Waals surface area contributed by atoms with Gasteiger partial charge < -0.3 is 14.6 Å². The molecule has 0 radical (unpaired) electrons. The van der Waals surface area contributed by atoms with Crippen LogP contribution in [0.4, 0.5) is 5.69 Å². The summed E-state index contributed by atoms with van der Waals surface area (Å²) in [7, 11) is 1.59. The number of hydrogen-bond donors (Lipinski definition) is 1. The Bertz CT molecular complexity index is 926. The van der Waals surface area contributed by atoms with Gasteiger partial charge in [-0.3, -0.25) is 9.69 Å². The number of benzene rings is 2. The van der Waals surface area contributed by atoms with Crippen molar-refractivity contribution in [2.45, 2.75) is 0 Å². The van der Waals surface area contributed by atoms with Crippen molar-refractivity contribution in [2.75, 3.05) is 26.9 Å². The average molecular weight is 412 g/mol. The number of carbonyl (C=O) groups is 2. The van der Waals surface area contributed by atoms with E-state index in [2.05, 4.69) is 4.99 Å². The zero-order chi connectivity index (χ0) is 20.6. The number of para-hydroxylation sites is 1. The van der Waals surface area contributed by atoms with E-state index in [4.69, 9.17) is 14.6 Å². The van der Waals surface area contributed by atoms with Gasteiger partial charge in [0.25, 0.3) is 5.91 Å². The molecule has 8 heteroatoms. The number of amides is 1. The Labute approximate surface area is 172 Å². The van der Waals surface area contributed by atoms with Crippen LogP contribution in [0.1, 0.15) is 5.56 Å². The third-order valence-electron chi connectivity index (χ3n) is 3.93. The van der Waals surface area contributed by atoms with Crippen molar-refractivity contribution in [3.8, 4) is 5.75 Å². The molecule has 1 aliphatic heterocycles. The zero-order valence-corrected chi connectivity index (χ0v) is 16.6. The van der Waals surface area contributed by atoms with E-state index >= 15 is 0 Å². The molecule has 1 aliphatic rings. The second-order valence-electron chi connectivity index (χ2n) is 6.04. The molecule has 150 valence electrons. The number of thioether (sulfide) groups is 1. The molecule has 0 spiro atoms. The molecule has 1 saturated heterocycles. The van der Waals surface area contributed by atoms with E-state index in [9.17, 15) is 9.59 Å². The second-order valence-corrected chi connectivity index (χ2v) is 7.05. The predicted octanol–water partition coefficient (Wildman–Crippen LogP) is 3.40. The predicted molar refractivity (Wildman–Crippen MR) is 112 cm³/mol. The molecule has 7 nitrogen and oxygen atoms in total. The summed E-state index contributed by atoms with van der Waals surface area (Å²) in [5, 5.41) is 9.27. The molecule has 3 rings (SSSR count). The molecule has 2 aromatic carbocycles. The van der Waals surface area contributed by atoms with Gasteiger partial charge in [0.1, 0.15) is 5.75 Å². The Hall–Kier alpha value is -3.10. The van der Waals surface area contributed by atoms with Crippen LogP contribution in [0.25, 0.3) is 6.08 Å². The van der Waals surface area contributed by atoms with Gasteiger partial charge in [-0.15, -0.1) is 0 Å².